The molecule has 1 aliphatic rings. The molecule has 110 valence electrons. The summed E-state index contributed by atoms with van der Waals surface area (Å²) in [6, 6.07) is 1.74. The molecule has 2 atom stereocenters. The van der Waals surface area contributed by atoms with Crippen molar-refractivity contribution in [2.24, 2.45) is 5.92 Å². The lowest BCUT2D eigenvalue weighted by Gasteiger charge is -2.24. The second kappa shape index (κ2) is 5.19. The number of likely N-dealkylation sites (tertiary alicyclic amines) is 1. The predicted molar refractivity (Wildman–Crippen MR) is 70.4 cm³/mol. The molecule has 2 heterocycles. The molecule has 6 nitrogen and oxygen atoms in total. The highest BCUT2D eigenvalue weighted by atomic mass is 16.6. The normalized spacial score (nSPS) is 22.9. The number of aliphatic carboxylic acids is 1. The van der Waals surface area contributed by atoms with Crippen LogP contribution in [0, 0.1) is 5.92 Å². The maximum absolute atomic E-state index is 12.0. The molecule has 0 spiro atoms. The van der Waals surface area contributed by atoms with Crippen LogP contribution >= 0.6 is 0 Å². The van der Waals surface area contributed by atoms with Gasteiger partial charge in [-0.25, -0.2) is 4.79 Å². The molecule has 1 aromatic heterocycles. The minimum Gasteiger partial charge on any atom is -0.481 e. The Morgan fingerprint density at radius 3 is 2.60 bits per heavy atom. The Hall–Kier alpha value is -1.98. The first-order valence-electron chi connectivity index (χ1n) is 6.51. The molecule has 1 aliphatic heterocycles. The number of ether oxygens (including phenoxy) is 1. The molecular formula is C14H19NO5. The van der Waals surface area contributed by atoms with E-state index in [2.05, 4.69) is 0 Å². The van der Waals surface area contributed by atoms with E-state index < -0.39 is 23.6 Å². The summed E-state index contributed by atoms with van der Waals surface area (Å²) in [5.74, 6) is -1.82. The fourth-order valence-electron chi connectivity index (χ4n) is 2.35. The SMILES string of the molecule is CC(C)(C)OC(=O)N1CC(C(=O)O)C(c2ccoc2)C1. The lowest BCUT2D eigenvalue weighted by Crippen LogP contribution is -2.35. The van der Waals surface area contributed by atoms with Crippen molar-refractivity contribution in [2.45, 2.75) is 32.3 Å². The summed E-state index contributed by atoms with van der Waals surface area (Å²) in [6.45, 7) is 5.82. The minimum atomic E-state index is -0.915. The van der Waals surface area contributed by atoms with E-state index in [0.29, 0.717) is 6.54 Å². The summed E-state index contributed by atoms with van der Waals surface area (Å²) in [6.07, 6.45) is 2.55. The molecule has 0 saturated carbocycles. The first kappa shape index (κ1) is 14.4. The number of carbonyl (C=O) groups excluding carboxylic acids is 1. The maximum Gasteiger partial charge on any atom is 0.410 e. The number of amides is 1. The van der Waals surface area contributed by atoms with Gasteiger partial charge in [0.05, 0.1) is 18.4 Å². The summed E-state index contributed by atoms with van der Waals surface area (Å²) >= 11 is 0. The number of carboxylic acid groups (broad SMARTS) is 1. The molecule has 1 aromatic rings. The minimum absolute atomic E-state index is 0.153. The van der Waals surface area contributed by atoms with Crippen LogP contribution in [0.2, 0.25) is 0 Å². The molecule has 1 saturated heterocycles. The van der Waals surface area contributed by atoms with Crippen molar-refractivity contribution in [3.63, 3.8) is 0 Å². The largest absolute Gasteiger partial charge is 0.481 e. The number of hydrogen-bond donors (Lipinski definition) is 1. The second-order valence-corrected chi connectivity index (χ2v) is 5.99. The monoisotopic (exact) mass is 281 g/mol. The van der Waals surface area contributed by atoms with Crippen LogP contribution in [0.3, 0.4) is 0 Å². The van der Waals surface area contributed by atoms with Crippen LogP contribution in [-0.2, 0) is 9.53 Å². The van der Waals surface area contributed by atoms with E-state index in [1.807, 2.05) is 0 Å². The molecular weight excluding hydrogens is 262 g/mol. The Morgan fingerprint density at radius 1 is 1.40 bits per heavy atom. The Labute approximate surface area is 117 Å². The van der Waals surface area contributed by atoms with Crippen molar-refractivity contribution in [3.05, 3.63) is 24.2 Å². The molecule has 6 heteroatoms. The maximum atomic E-state index is 12.0. The van der Waals surface area contributed by atoms with Crippen LogP contribution in [0.4, 0.5) is 4.79 Å². The average molecular weight is 281 g/mol. The van der Waals surface area contributed by atoms with Gasteiger partial charge in [-0.05, 0) is 32.4 Å². The molecule has 2 unspecified atom stereocenters. The summed E-state index contributed by atoms with van der Waals surface area (Å²) in [5, 5.41) is 9.31. The van der Waals surface area contributed by atoms with Gasteiger partial charge in [-0.2, -0.15) is 0 Å². The molecule has 2 rings (SSSR count). The first-order chi connectivity index (χ1) is 9.28. The van der Waals surface area contributed by atoms with Gasteiger partial charge in [0.15, 0.2) is 0 Å². The molecule has 0 radical (unpaired) electrons. The highest BCUT2D eigenvalue weighted by molar-refractivity contribution is 5.75. The third-order valence-corrected chi connectivity index (χ3v) is 3.26. The summed E-state index contributed by atoms with van der Waals surface area (Å²) < 4.78 is 10.3. The van der Waals surface area contributed by atoms with Crippen LogP contribution in [0.15, 0.2) is 23.0 Å². The number of nitrogens with zero attached hydrogens (tertiary/aromatic N) is 1. The summed E-state index contributed by atoms with van der Waals surface area (Å²) in [4.78, 5) is 24.8. The van der Waals surface area contributed by atoms with Crippen molar-refractivity contribution in [1.29, 1.82) is 0 Å². The number of hydrogen-bond acceptors (Lipinski definition) is 4. The van der Waals surface area contributed by atoms with Crippen molar-refractivity contribution in [3.8, 4) is 0 Å². The van der Waals surface area contributed by atoms with Crippen LogP contribution in [-0.4, -0.2) is 40.8 Å². The molecule has 0 aromatic carbocycles. The number of furan rings is 1. The summed E-state index contributed by atoms with van der Waals surface area (Å²) in [7, 11) is 0. The number of rotatable bonds is 2. The Kier molecular flexibility index (Phi) is 3.74. The van der Waals surface area contributed by atoms with Crippen LogP contribution < -0.4 is 0 Å². The van der Waals surface area contributed by atoms with E-state index in [1.165, 1.54) is 17.4 Å². The molecule has 1 fully saturated rings. The standard InChI is InChI=1S/C14H19NO5/c1-14(2,3)20-13(18)15-6-10(9-4-5-19-8-9)11(7-15)12(16)17/h4-5,8,10-11H,6-7H2,1-3H3,(H,16,17). The number of carbonyl (C=O) groups is 2. The smallest absolute Gasteiger partial charge is 0.410 e. The van der Waals surface area contributed by atoms with Crippen molar-refractivity contribution in [2.75, 3.05) is 13.1 Å². The highest BCUT2D eigenvalue weighted by Crippen LogP contribution is 2.33. The second-order valence-electron chi connectivity index (χ2n) is 5.99. The van der Waals surface area contributed by atoms with E-state index in [1.54, 1.807) is 26.8 Å². The first-order valence-corrected chi connectivity index (χ1v) is 6.51. The lowest BCUT2D eigenvalue weighted by atomic mass is 9.91. The van der Waals surface area contributed by atoms with E-state index in [0.717, 1.165) is 5.56 Å². The molecule has 0 bridgehead atoms. The number of carboxylic acids is 1. The van der Waals surface area contributed by atoms with Gasteiger partial charge in [0.25, 0.3) is 0 Å². The van der Waals surface area contributed by atoms with Gasteiger partial charge in [-0.3, -0.25) is 4.79 Å². The molecule has 0 aliphatic carbocycles. The van der Waals surface area contributed by atoms with Gasteiger partial charge in [-0.1, -0.05) is 0 Å². The average Bonchev–Trinajstić information content (AvgIpc) is 2.95. The van der Waals surface area contributed by atoms with Crippen LogP contribution in [0.25, 0.3) is 0 Å². The van der Waals surface area contributed by atoms with Crippen molar-refractivity contribution in [1.82, 2.24) is 4.90 Å². The zero-order valence-corrected chi connectivity index (χ0v) is 11.8. The van der Waals surface area contributed by atoms with Crippen molar-refractivity contribution >= 4 is 12.1 Å². The fourth-order valence-corrected chi connectivity index (χ4v) is 2.35. The zero-order chi connectivity index (χ0) is 14.9. The topological polar surface area (TPSA) is 80.0 Å². The van der Waals surface area contributed by atoms with Gasteiger partial charge >= 0.3 is 12.1 Å². The molecule has 20 heavy (non-hydrogen) atoms. The molecule has 1 N–H and O–H groups in total. The Balaban J connectivity index is 2.12. The van der Waals surface area contributed by atoms with E-state index in [9.17, 15) is 14.7 Å². The van der Waals surface area contributed by atoms with E-state index >= 15 is 0 Å². The van der Waals surface area contributed by atoms with Gasteiger partial charge in [0, 0.05) is 19.0 Å². The molecule has 1 amide bonds. The Bertz CT molecular complexity index is 488. The third-order valence-electron chi connectivity index (χ3n) is 3.26. The predicted octanol–water partition coefficient (Wildman–Crippen LogP) is 2.31. The third kappa shape index (κ3) is 3.12. The lowest BCUT2D eigenvalue weighted by molar-refractivity contribution is -0.141. The van der Waals surface area contributed by atoms with E-state index in [-0.39, 0.29) is 12.5 Å². The van der Waals surface area contributed by atoms with E-state index in [4.69, 9.17) is 9.15 Å². The van der Waals surface area contributed by atoms with Crippen LogP contribution in [0.5, 0.6) is 0 Å². The van der Waals surface area contributed by atoms with Gasteiger partial charge in [0.1, 0.15) is 5.60 Å². The van der Waals surface area contributed by atoms with Gasteiger partial charge in [0.2, 0.25) is 0 Å². The Morgan fingerprint density at radius 2 is 2.10 bits per heavy atom. The van der Waals surface area contributed by atoms with Crippen LogP contribution in [0.1, 0.15) is 32.3 Å². The highest BCUT2D eigenvalue weighted by Gasteiger charge is 2.42. The van der Waals surface area contributed by atoms with Crippen molar-refractivity contribution < 1.29 is 23.8 Å². The van der Waals surface area contributed by atoms with Gasteiger partial charge < -0.3 is 19.2 Å². The quantitative estimate of drug-likeness (QED) is 0.899. The fraction of sp³-hybridized carbons (Fsp3) is 0.571. The zero-order valence-electron chi connectivity index (χ0n) is 11.8. The van der Waals surface area contributed by atoms with Gasteiger partial charge in [-0.15, -0.1) is 0 Å². The summed E-state index contributed by atoms with van der Waals surface area (Å²) in [5.41, 5.74) is 0.201.